The molecule has 1 heterocycles. The van der Waals surface area contributed by atoms with E-state index < -0.39 is 12.0 Å². The van der Waals surface area contributed by atoms with Gasteiger partial charge in [-0.1, -0.05) is 35.9 Å². The van der Waals surface area contributed by atoms with E-state index in [1.807, 2.05) is 11.4 Å². The predicted molar refractivity (Wildman–Crippen MR) is 82.9 cm³/mol. The Hall–Kier alpha value is -1.69. The Morgan fingerprint density at radius 2 is 2.05 bits per heavy atom. The van der Waals surface area contributed by atoms with Crippen molar-refractivity contribution in [1.29, 1.82) is 0 Å². The number of carbonyl (C=O) groups excluding carboxylic acids is 2. The van der Waals surface area contributed by atoms with Crippen LogP contribution >= 0.6 is 22.9 Å². The Labute approximate surface area is 131 Å². The van der Waals surface area contributed by atoms with E-state index in [0.717, 1.165) is 0 Å². The monoisotopic (exact) mass is 323 g/mol. The van der Waals surface area contributed by atoms with E-state index in [4.69, 9.17) is 16.3 Å². The van der Waals surface area contributed by atoms with Crippen LogP contribution in [0.2, 0.25) is 5.02 Å². The second kappa shape index (κ2) is 7.36. The molecule has 1 aromatic heterocycles. The number of rotatable bonds is 6. The number of benzene rings is 1. The maximum absolute atomic E-state index is 12.0. The van der Waals surface area contributed by atoms with Gasteiger partial charge in [-0.15, -0.1) is 11.3 Å². The normalized spacial score (nSPS) is 11.9. The minimum Gasteiger partial charge on any atom is -0.468 e. The number of ketones is 1. The first-order chi connectivity index (χ1) is 10.1. The van der Waals surface area contributed by atoms with Crippen LogP contribution in [0.25, 0.3) is 0 Å². The van der Waals surface area contributed by atoms with Crippen LogP contribution in [0.15, 0.2) is 41.8 Å². The van der Waals surface area contributed by atoms with Crippen molar-refractivity contribution < 1.29 is 14.3 Å². The van der Waals surface area contributed by atoms with Crippen molar-refractivity contribution >= 4 is 34.7 Å². The van der Waals surface area contributed by atoms with Crippen molar-refractivity contribution in [3.05, 3.63) is 57.2 Å². The first-order valence-corrected chi connectivity index (χ1v) is 7.51. The van der Waals surface area contributed by atoms with Gasteiger partial charge in [0.2, 0.25) is 0 Å². The molecule has 1 atom stereocenters. The van der Waals surface area contributed by atoms with Crippen LogP contribution in [-0.2, 0) is 9.53 Å². The standard InChI is InChI=1S/C15H14ClNO3S/c1-20-15(19)14(10-5-2-3-6-11(10)16)17-9-12(18)13-7-4-8-21-13/h2-8,14,17H,9H2,1H3. The minimum atomic E-state index is -0.771. The van der Waals surface area contributed by atoms with Crippen molar-refractivity contribution in [3.8, 4) is 0 Å². The van der Waals surface area contributed by atoms with Gasteiger partial charge < -0.3 is 4.74 Å². The SMILES string of the molecule is COC(=O)C(NCC(=O)c1cccs1)c1ccccc1Cl. The summed E-state index contributed by atoms with van der Waals surface area (Å²) in [6.45, 7) is 0.0332. The molecule has 4 nitrogen and oxygen atoms in total. The molecule has 2 aromatic rings. The Morgan fingerprint density at radius 3 is 2.67 bits per heavy atom. The molecule has 0 saturated carbocycles. The van der Waals surface area contributed by atoms with Crippen molar-refractivity contribution in [2.24, 2.45) is 0 Å². The fourth-order valence-corrected chi connectivity index (χ4v) is 2.78. The fraction of sp³-hybridized carbons (Fsp3) is 0.200. The quantitative estimate of drug-likeness (QED) is 0.655. The van der Waals surface area contributed by atoms with Crippen molar-refractivity contribution in [1.82, 2.24) is 5.32 Å². The molecular formula is C15H14ClNO3S. The predicted octanol–water partition coefficient (Wildman–Crippen LogP) is 3.09. The summed E-state index contributed by atoms with van der Waals surface area (Å²) >= 11 is 7.47. The van der Waals surface area contributed by atoms with Gasteiger partial charge in [-0.25, -0.2) is 4.79 Å². The molecule has 21 heavy (non-hydrogen) atoms. The van der Waals surface area contributed by atoms with Gasteiger partial charge in [0, 0.05) is 5.02 Å². The number of hydrogen-bond donors (Lipinski definition) is 1. The number of Topliss-reactive ketones (excluding diaryl/α,β-unsaturated/α-hetero) is 1. The second-order valence-electron chi connectivity index (χ2n) is 4.26. The van der Waals surface area contributed by atoms with Gasteiger partial charge in [0.15, 0.2) is 5.78 Å². The zero-order valence-corrected chi connectivity index (χ0v) is 12.9. The highest BCUT2D eigenvalue weighted by atomic mass is 35.5. The maximum Gasteiger partial charge on any atom is 0.327 e. The lowest BCUT2D eigenvalue weighted by atomic mass is 10.1. The van der Waals surface area contributed by atoms with E-state index in [-0.39, 0.29) is 12.3 Å². The van der Waals surface area contributed by atoms with Crippen molar-refractivity contribution in [2.45, 2.75) is 6.04 Å². The van der Waals surface area contributed by atoms with Gasteiger partial charge in [-0.3, -0.25) is 10.1 Å². The first-order valence-electron chi connectivity index (χ1n) is 6.26. The summed E-state index contributed by atoms with van der Waals surface area (Å²) < 4.78 is 4.78. The number of halogens is 1. The molecule has 0 amide bonds. The van der Waals surface area contributed by atoms with Crippen LogP contribution in [0.4, 0.5) is 0 Å². The van der Waals surface area contributed by atoms with E-state index in [9.17, 15) is 9.59 Å². The molecule has 2 rings (SSSR count). The van der Waals surface area contributed by atoms with Crippen LogP contribution in [0.3, 0.4) is 0 Å². The van der Waals surface area contributed by atoms with Crippen LogP contribution in [0.5, 0.6) is 0 Å². The molecule has 0 aliphatic rings. The highest BCUT2D eigenvalue weighted by Crippen LogP contribution is 2.23. The minimum absolute atomic E-state index is 0.0332. The third-order valence-corrected chi connectivity index (χ3v) is 4.17. The molecule has 0 fully saturated rings. The highest BCUT2D eigenvalue weighted by Gasteiger charge is 2.24. The zero-order chi connectivity index (χ0) is 15.2. The number of ether oxygens (including phenoxy) is 1. The maximum atomic E-state index is 12.0. The molecule has 0 saturated heterocycles. The summed E-state index contributed by atoms with van der Waals surface area (Å²) in [6, 6.07) is 9.76. The van der Waals surface area contributed by atoms with Gasteiger partial charge in [0.25, 0.3) is 0 Å². The van der Waals surface area contributed by atoms with E-state index in [1.54, 1.807) is 30.3 Å². The number of carbonyl (C=O) groups is 2. The number of methoxy groups -OCH3 is 1. The Morgan fingerprint density at radius 1 is 1.29 bits per heavy atom. The largest absolute Gasteiger partial charge is 0.468 e. The average Bonchev–Trinajstić information content (AvgIpc) is 3.03. The van der Waals surface area contributed by atoms with Crippen LogP contribution in [-0.4, -0.2) is 25.4 Å². The smallest absolute Gasteiger partial charge is 0.327 e. The summed E-state index contributed by atoms with van der Waals surface area (Å²) in [6.07, 6.45) is 0. The van der Waals surface area contributed by atoms with E-state index in [1.165, 1.54) is 18.4 Å². The summed E-state index contributed by atoms with van der Waals surface area (Å²) in [5.41, 5.74) is 0.588. The van der Waals surface area contributed by atoms with Gasteiger partial charge >= 0.3 is 5.97 Å². The molecule has 1 N–H and O–H groups in total. The molecule has 0 aliphatic carbocycles. The van der Waals surface area contributed by atoms with E-state index >= 15 is 0 Å². The second-order valence-corrected chi connectivity index (χ2v) is 5.61. The molecule has 1 unspecified atom stereocenters. The molecule has 0 bridgehead atoms. The van der Waals surface area contributed by atoms with Crippen LogP contribution < -0.4 is 5.32 Å². The fourth-order valence-electron chi connectivity index (χ4n) is 1.87. The van der Waals surface area contributed by atoms with Gasteiger partial charge in [0.05, 0.1) is 18.5 Å². The number of nitrogens with one attached hydrogen (secondary N) is 1. The van der Waals surface area contributed by atoms with E-state index in [2.05, 4.69) is 5.32 Å². The van der Waals surface area contributed by atoms with E-state index in [0.29, 0.717) is 15.5 Å². The first kappa shape index (κ1) is 15.7. The lowest BCUT2D eigenvalue weighted by molar-refractivity contribution is -0.143. The van der Waals surface area contributed by atoms with Gasteiger partial charge in [-0.05, 0) is 23.1 Å². The summed E-state index contributed by atoms with van der Waals surface area (Å²) in [5.74, 6) is -0.562. The van der Waals surface area contributed by atoms with Crippen molar-refractivity contribution in [3.63, 3.8) is 0 Å². The molecule has 6 heteroatoms. The molecule has 0 aliphatic heterocycles. The Balaban J connectivity index is 2.13. The molecule has 0 radical (unpaired) electrons. The summed E-state index contributed by atoms with van der Waals surface area (Å²) in [5, 5.41) is 5.19. The molecule has 110 valence electrons. The Kier molecular flexibility index (Phi) is 5.50. The zero-order valence-electron chi connectivity index (χ0n) is 11.3. The topological polar surface area (TPSA) is 55.4 Å². The Bertz CT molecular complexity index is 628. The third-order valence-electron chi connectivity index (χ3n) is 2.92. The summed E-state index contributed by atoms with van der Waals surface area (Å²) in [4.78, 5) is 24.6. The number of hydrogen-bond acceptors (Lipinski definition) is 5. The average molecular weight is 324 g/mol. The highest BCUT2D eigenvalue weighted by molar-refractivity contribution is 7.12. The van der Waals surface area contributed by atoms with Crippen LogP contribution in [0.1, 0.15) is 21.3 Å². The summed E-state index contributed by atoms with van der Waals surface area (Å²) in [7, 11) is 1.30. The molecule has 1 aromatic carbocycles. The van der Waals surface area contributed by atoms with Gasteiger partial charge in [0.1, 0.15) is 6.04 Å². The van der Waals surface area contributed by atoms with Gasteiger partial charge in [-0.2, -0.15) is 0 Å². The molecular weight excluding hydrogens is 310 g/mol. The lowest BCUT2D eigenvalue weighted by Crippen LogP contribution is -2.33. The number of thiophene rings is 1. The molecule has 0 spiro atoms. The lowest BCUT2D eigenvalue weighted by Gasteiger charge is -2.17. The van der Waals surface area contributed by atoms with Crippen molar-refractivity contribution in [2.75, 3.05) is 13.7 Å². The number of esters is 1. The van der Waals surface area contributed by atoms with Crippen LogP contribution in [0, 0.1) is 0 Å². The third kappa shape index (κ3) is 3.91.